The van der Waals surface area contributed by atoms with Gasteiger partial charge in [0.25, 0.3) is 0 Å². The Morgan fingerprint density at radius 2 is 1.39 bits per heavy atom. The molecule has 0 saturated carbocycles. The topological polar surface area (TPSA) is 24.9 Å². The molecule has 0 amide bonds. The summed E-state index contributed by atoms with van der Waals surface area (Å²) >= 11 is 3.71. The van der Waals surface area contributed by atoms with E-state index < -0.39 is 0 Å². The van der Waals surface area contributed by atoms with Gasteiger partial charge >= 0.3 is 0 Å². The molecular weight excluding hydrogens is 477 g/mol. The van der Waals surface area contributed by atoms with Crippen LogP contribution in [0.3, 0.4) is 0 Å². The van der Waals surface area contributed by atoms with Gasteiger partial charge in [-0.1, -0.05) is 102 Å². The molecule has 0 radical (unpaired) electrons. The van der Waals surface area contributed by atoms with Gasteiger partial charge in [-0.05, 0) is 63.2 Å². The number of thioether (sulfide) groups is 1. The molecule has 2 nitrogen and oxygen atoms in total. The van der Waals surface area contributed by atoms with Gasteiger partial charge in [0.1, 0.15) is 5.37 Å². The maximum atomic E-state index is 4.51. The van der Waals surface area contributed by atoms with E-state index in [4.69, 9.17) is 0 Å². The van der Waals surface area contributed by atoms with E-state index in [0.717, 1.165) is 0 Å². The zero-order valence-electron chi connectivity index (χ0n) is 19.4. The maximum absolute atomic E-state index is 4.51. The van der Waals surface area contributed by atoms with Gasteiger partial charge in [0, 0.05) is 38.2 Å². The van der Waals surface area contributed by atoms with Crippen molar-refractivity contribution in [3.63, 3.8) is 0 Å². The number of hydrogen-bond acceptors (Lipinski definition) is 4. The molecule has 1 unspecified atom stereocenters. The molecule has 0 aliphatic carbocycles. The van der Waals surface area contributed by atoms with Crippen LogP contribution < -0.4 is 5.32 Å². The molecule has 1 N–H and O–H groups in total. The predicted molar refractivity (Wildman–Crippen MR) is 154 cm³/mol. The standard InChI is InChI=1S/C32H22N2S2/c1-2-8-21(9-3-1)30-24-10-4-5-11-25(24)31(26-18-19-33-20-27(26)30)35-23-16-14-22(15-17-23)32-34-28-12-6-7-13-29(28)36-32/h1-20,32,34H. The van der Waals surface area contributed by atoms with Crippen molar-refractivity contribution in [2.75, 3.05) is 5.32 Å². The van der Waals surface area contributed by atoms with E-state index in [1.807, 2.05) is 35.9 Å². The Labute approximate surface area is 218 Å². The van der Waals surface area contributed by atoms with Crippen LogP contribution in [0.2, 0.25) is 0 Å². The minimum absolute atomic E-state index is 0.249. The van der Waals surface area contributed by atoms with Crippen LogP contribution in [0.5, 0.6) is 0 Å². The second kappa shape index (κ2) is 9.05. The molecule has 1 atom stereocenters. The van der Waals surface area contributed by atoms with Gasteiger partial charge in [-0.15, -0.1) is 0 Å². The average molecular weight is 499 g/mol. The van der Waals surface area contributed by atoms with Crippen LogP contribution >= 0.6 is 23.5 Å². The number of nitrogens with one attached hydrogen (secondary N) is 1. The fourth-order valence-electron chi connectivity index (χ4n) is 4.97. The van der Waals surface area contributed by atoms with Gasteiger partial charge < -0.3 is 5.32 Å². The van der Waals surface area contributed by atoms with Crippen molar-refractivity contribution in [3.8, 4) is 11.1 Å². The van der Waals surface area contributed by atoms with Crippen LogP contribution in [-0.4, -0.2) is 4.98 Å². The molecule has 2 heterocycles. The minimum Gasteiger partial charge on any atom is -0.368 e. The van der Waals surface area contributed by atoms with Gasteiger partial charge in [-0.25, -0.2) is 0 Å². The Balaban J connectivity index is 1.30. The van der Waals surface area contributed by atoms with Gasteiger partial charge in [-0.2, -0.15) is 0 Å². The van der Waals surface area contributed by atoms with Crippen molar-refractivity contribution in [2.45, 2.75) is 20.1 Å². The molecule has 1 aliphatic heterocycles. The SMILES string of the molecule is c1ccc(-c2c3ccccc3c(Sc3ccc(C4Nc5ccccc5S4)cc3)c3ccncc23)cc1. The molecule has 36 heavy (non-hydrogen) atoms. The Morgan fingerprint density at radius 1 is 0.667 bits per heavy atom. The number of aromatic nitrogens is 1. The van der Waals surface area contributed by atoms with Gasteiger partial charge in [0.05, 0.1) is 0 Å². The van der Waals surface area contributed by atoms with E-state index in [2.05, 4.69) is 119 Å². The highest BCUT2D eigenvalue weighted by Crippen LogP contribution is 2.48. The third-order valence-electron chi connectivity index (χ3n) is 6.66. The monoisotopic (exact) mass is 498 g/mol. The Bertz CT molecular complexity index is 1630. The Hall–Kier alpha value is -3.73. The van der Waals surface area contributed by atoms with Crippen LogP contribution in [-0.2, 0) is 0 Å². The largest absolute Gasteiger partial charge is 0.368 e. The zero-order chi connectivity index (χ0) is 23.9. The first-order valence-corrected chi connectivity index (χ1v) is 13.7. The van der Waals surface area contributed by atoms with E-state index in [1.54, 1.807) is 0 Å². The highest BCUT2D eigenvalue weighted by molar-refractivity contribution is 8.00. The fourth-order valence-corrected chi connectivity index (χ4v) is 7.20. The summed E-state index contributed by atoms with van der Waals surface area (Å²) in [6.07, 6.45) is 3.91. The number of para-hydroxylation sites is 1. The summed E-state index contributed by atoms with van der Waals surface area (Å²) in [6.45, 7) is 0. The number of anilines is 1. The third kappa shape index (κ3) is 3.74. The lowest BCUT2D eigenvalue weighted by Gasteiger charge is -2.17. The van der Waals surface area contributed by atoms with E-state index in [0.29, 0.717) is 0 Å². The van der Waals surface area contributed by atoms with E-state index in [1.165, 1.54) is 58.6 Å². The van der Waals surface area contributed by atoms with Crippen LogP contribution in [0, 0.1) is 0 Å². The third-order valence-corrected chi connectivity index (χ3v) is 9.05. The maximum Gasteiger partial charge on any atom is 0.103 e. The van der Waals surface area contributed by atoms with Gasteiger partial charge in [0.15, 0.2) is 0 Å². The number of benzene rings is 5. The lowest BCUT2D eigenvalue weighted by molar-refractivity contribution is 1.13. The summed E-state index contributed by atoms with van der Waals surface area (Å²) in [5.74, 6) is 0. The molecule has 0 bridgehead atoms. The van der Waals surface area contributed by atoms with Crippen molar-refractivity contribution in [2.24, 2.45) is 0 Å². The summed E-state index contributed by atoms with van der Waals surface area (Å²) in [6, 6.07) is 39.1. The van der Waals surface area contributed by atoms with E-state index in [-0.39, 0.29) is 5.37 Å². The van der Waals surface area contributed by atoms with E-state index >= 15 is 0 Å². The molecule has 4 heteroatoms. The first kappa shape index (κ1) is 21.5. The molecule has 0 spiro atoms. The summed E-state index contributed by atoms with van der Waals surface area (Å²) in [7, 11) is 0. The number of hydrogen-bond donors (Lipinski definition) is 1. The fraction of sp³-hybridized carbons (Fsp3) is 0.0312. The van der Waals surface area contributed by atoms with E-state index in [9.17, 15) is 0 Å². The Kier molecular flexibility index (Phi) is 5.42. The first-order valence-electron chi connectivity index (χ1n) is 12.0. The normalized spacial score (nSPS) is 14.6. The minimum atomic E-state index is 0.249. The quantitative estimate of drug-likeness (QED) is 0.245. The van der Waals surface area contributed by atoms with Crippen LogP contribution in [0.15, 0.2) is 136 Å². The van der Waals surface area contributed by atoms with Crippen molar-refractivity contribution in [3.05, 3.63) is 127 Å². The number of nitrogens with zero attached hydrogens (tertiary/aromatic N) is 1. The zero-order valence-corrected chi connectivity index (χ0v) is 21.0. The predicted octanol–water partition coefficient (Wildman–Crippen LogP) is 9.42. The highest BCUT2D eigenvalue weighted by Gasteiger charge is 2.22. The molecule has 172 valence electrons. The first-order chi connectivity index (χ1) is 17.8. The summed E-state index contributed by atoms with van der Waals surface area (Å²) in [5.41, 5.74) is 4.97. The number of fused-ring (bicyclic) bond motifs is 3. The second-order valence-electron chi connectivity index (χ2n) is 8.85. The molecule has 5 aromatic carbocycles. The Morgan fingerprint density at radius 3 is 2.22 bits per heavy atom. The van der Waals surface area contributed by atoms with Crippen LogP contribution in [0.25, 0.3) is 32.7 Å². The lowest BCUT2D eigenvalue weighted by Crippen LogP contribution is -2.00. The average Bonchev–Trinajstić information content (AvgIpc) is 3.38. The number of pyridine rings is 1. The van der Waals surface area contributed by atoms with Crippen molar-refractivity contribution < 1.29 is 0 Å². The molecule has 0 fully saturated rings. The molecule has 6 aromatic rings. The van der Waals surface area contributed by atoms with Gasteiger partial charge in [-0.3, -0.25) is 4.98 Å². The smallest absolute Gasteiger partial charge is 0.103 e. The van der Waals surface area contributed by atoms with Gasteiger partial charge in [0.2, 0.25) is 0 Å². The number of rotatable bonds is 4. The molecule has 1 aromatic heterocycles. The van der Waals surface area contributed by atoms with Crippen molar-refractivity contribution in [1.82, 2.24) is 4.98 Å². The molecule has 0 saturated heterocycles. The molecule has 1 aliphatic rings. The van der Waals surface area contributed by atoms with Crippen LogP contribution in [0.4, 0.5) is 5.69 Å². The lowest BCUT2D eigenvalue weighted by atomic mass is 9.93. The van der Waals surface area contributed by atoms with Crippen molar-refractivity contribution in [1.29, 1.82) is 0 Å². The summed E-state index contributed by atoms with van der Waals surface area (Å²) in [5, 5.41) is 8.84. The molecular formula is C32H22N2S2. The van der Waals surface area contributed by atoms with Crippen LogP contribution in [0.1, 0.15) is 10.9 Å². The highest BCUT2D eigenvalue weighted by atomic mass is 32.2. The molecule has 7 rings (SSSR count). The summed E-state index contributed by atoms with van der Waals surface area (Å²) in [4.78, 5) is 8.33. The second-order valence-corrected chi connectivity index (χ2v) is 11.1. The summed E-state index contributed by atoms with van der Waals surface area (Å²) < 4.78 is 0. The van der Waals surface area contributed by atoms with Crippen molar-refractivity contribution >= 4 is 50.8 Å².